The van der Waals surface area contributed by atoms with E-state index in [4.69, 9.17) is 9.98 Å². The van der Waals surface area contributed by atoms with Crippen LogP contribution in [0.4, 0.5) is 17.1 Å². The van der Waals surface area contributed by atoms with Crippen LogP contribution in [0.2, 0.25) is 0 Å². The highest BCUT2D eigenvalue weighted by molar-refractivity contribution is 6.16. The lowest BCUT2D eigenvalue weighted by molar-refractivity contribution is 0.756. The minimum Gasteiger partial charge on any atom is -0.324 e. The Bertz CT molecular complexity index is 3450. The molecule has 4 nitrogen and oxygen atoms in total. The highest BCUT2D eigenvalue weighted by Crippen LogP contribution is 2.65. The molecule has 3 aliphatic rings. The van der Waals surface area contributed by atoms with Gasteiger partial charge in [-0.2, -0.15) is 0 Å². The zero-order chi connectivity index (χ0) is 42.2. The van der Waals surface area contributed by atoms with Gasteiger partial charge in [-0.3, -0.25) is 0 Å². The van der Waals surface area contributed by atoms with Crippen LogP contribution in [0.3, 0.4) is 0 Å². The number of aliphatic imine (C=N–C) groups is 2. The Kier molecular flexibility index (Phi) is 8.16. The molecule has 0 radical (unpaired) electrons. The van der Waals surface area contributed by atoms with E-state index >= 15 is 0 Å². The molecule has 1 N–H and O–H groups in total. The quantitative estimate of drug-likeness (QED) is 0.188. The van der Waals surface area contributed by atoms with Crippen molar-refractivity contribution < 1.29 is 0 Å². The molecule has 4 heteroatoms. The highest BCUT2D eigenvalue weighted by atomic mass is 15.2. The minimum absolute atomic E-state index is 0.364. The predicted octanol–water partition coefficient (Wildman–Crippen LogP) is 14.3. The summed E-state index contributed by atoms with van der Waals surface area (Å²) in [6.45, 7) is 0. The van der Waals surface area contributed by atoms with E-state index in [1.807, 2.05) is 24.3 Å². The number of amidine groups is 2. The minimum atomic E-state index is -0.587. The second-order valence-electron chi connectivity index (χ2n) is 16.9. The predicted molar refractivity (Wildman–Crippen MR) is 264 cm³/mol. The molecule has 10 aromatic carbocycles. The summed E-state index contributed by atoms with van der Waals surface area (Å²) in [5.41, 5.74) is 16.0. The molecule has 1 unspecified atom stereocenters. The van der Waals surface area contributed by atoms with E-state index in [-0.39, 0.29) is 6.17 Å². The average molecular weight is 817 g/mol. The van der Waals surface area contributed by atoms with E-state index in [1.165, 1.54) is 66.3 Å². The van der Waals surface area contributed by atoms with Gasteiger partial charge < -0.3 is 10.2 Å². The number of nitrogens with zero attached hydrogens (tertiary/aromatic N) is 3. The molecule has 64 heavy (non-hydrogen) atoms. The number of rotatable bonds is 5. The molecule has 0 saturated heterocycles. The Labute approximate surface area is 372 Å². The van der Waals surface area contributed by atoms with Crippen molar-refractivity contribution >= 4 is 50.3 Å². The summed E-state index contributed by atoms with van der Waals surface area (Å²) in [6, 6.07) is 83.8. The molecule has 0 fully saturated rings. The summed E-state index contributed by atoms with van der Waals surface area (Å²) in [4.78, 5) is 12.8. The summed E-state index contributed by atoms with van der Waals surface area (Å²) in [7, 11) is 0. The largest absolute Gasteiger partial charge is 0.324 e. The monoisotopic (exact) mass is 816 g/mol. The molecule has 1 atom stereocenters. The van der Waals surface area contributed by atoms with Gasteiger partial charge in [-0.25, -0.2) is 9.98 Å². The molecule has 1 spiro atoms. The van der Waals surface area contributed by atoms with Crippen LogP contribution in [0.25, 0.3) is 43.8 Å². The van der Waals surface area contributed by atoms with Gasteiger partial charge in [-0.1, -0.05) is 206 Å². The van der Waals surface area contributed by atoms with Gasteiger partial charge in [0.25, 0.3) is 0 Å². The number of hydrogen-bond acceptors (Lipinski definition) is 4. The standard InChI is InChI=1S/C60H40N4/c1-4-19-41(20-5-1)57-61-58(42-21-6-2-7-22-42)63-59(62-57)45-24-16-23-43(37-45)44-33-34-52-50(38-44)49-29-14-15-30-51(49)60(52)53-35-31-39-17-10-12-27-47(39)55(53)64(46-25-8-3-9-26-46)56-48-28-13-11-18-40(48)32-36-54(56)60/h1-38,57H,(H,61,62,63). The number of anilines is 3. The van der Waals surface area contributed by atoms with Crippen LogP contribution in [0.1, 0.15) is 45.1 Å². The fraction of sp³-hybridized carbons (Fsp3) is 0.0333. The first-order valence-electron chi connectivity index (χ1n) is 22.0. The molecule has 2 heterocycles. The molecule has 300 valence electrons. The Morgan fingerprint density at radius 1 is 0.375 bits per heavy atom. The van der Waals surface area contributed by atoms with Crippen LogP contribution in [0.5, 0.6) is 0 Å². The summed E-state index contributed by atoms with van der Waals surface area (Å²) >= 11 is 0. The van der Waals surface area contributed by atoms with Gasteiger partial charge in [-0.15, -0.1) is 0 Å². The maximum absolute atomic E-state index is 5.21. The molecule has 0 aromatic heterocycles. The van der Waals surface area contributed by atoms with Gasteiger partial charge in [0.15, 0.2) is 6.17 Å². The van der Waals surface area contributed by atoms with E-state index < -0.39 is 5.41 Å². The number of para-hydroxylation sites is 1. The van der Waals surface area contributed by atoms with Crippen molar-refractivity contribution in [3.05, 3.63) is 269 Å². The van der Waals surface area contributed by atoms with E-state index in [1.54, 1.807) is 0 Å². The van der Waals surface area contributed by atoms with Crippen molar-refractivity contribution in [1.29, 1.82) is 0 Å². The first-order valence-corrected chi connectivity index (χ1v) is 22.0. The van der Waals surface area contributed by atoms with Crippen LogP contribution >= 0.6 is 0 Å². The number of benzene rings is 10. The van der Waals surface area contributed by atoms with Crippen LogP contribution < -0.4 is 10.2 Å². The number of fused-ring (bicyclic) bond motifs is 13. The third-order valence-electron chi connectivity index (χ3n) is 13.5. The van der Waals surface area contributed by atoms with E-state index in [0.717, 1.165) is 45.2 Å². The lowest BCUT2D eigenvalue weighted by Gasteiger charge is -2.46. The smallest absolute Gasteiger partial charge is 0.169 e. The van der Waals surface area contributed by atoms with Gasteiger partial charge in [0.1, 0.15) is 11.7 Å². The zero-order valence-corrected chi connectivity index (χ0v) is 34.9. The van der Waals surface area contributed by atoms with Crippen molar-refractivity contribution in [1.82, 2.24) is 5.32 Å². The van der Waals surface area contributed by atoms with E-state index in [0.29, 0.717) is 0 Å². The molecular weight excluding hydrogens is 777 g/mol. The summed E-state index contributed by atoms with van der Waals surface area (Å²) in [5.74, 6) is 1.61. The number of hydrogen-bond donors (Lipinski definition) is 1. The van der Waals surface area contributed by atoms with Crippen molar-refractivity contribution in [2.24, 2.45) is 9.98 Å². The molecule has 1 aliphatic carbocycles. The molecule has 13 rings (SSSR count). The summed E-state index contributed by atoms with van der Waals surface area (Å²) in [5, 5.41) is 8.52. The third kappa shape index (κ3) is 5.42. The maximum Gasteiger partial charge on any atom is 0.169 e. The van der Waals surface area contributed by atoms with Crippen LogP contribution in [0, 0.1) is 0 Å². The fourth-order valence-electron chi connectivity index (χ4n) is 10.7. The van der Waals surface area contributed by atoms with Gasteiger partial charge in [0.2, 0.25) is 0 Å². The van der Waals surface area contributed by atoms with Crippen LogP contribution in [-0.2, 0) is 5.41 Å². The van der Waals surface area contributed by atoms with Crippen molar-refractivity contribution in [2.45, 2.75) is 11.6 Å². The zero-order valence-electron chi connectivity index (χ0n) is 34.9. The Hall–Kier alpha value is -8.34. The highest BCUT2D eigenvalue weighted by Gasteiger charge is 2.52. The summed E-state index contributed by atoms with van der Waals surface area (Å²) < 4.78 is 0. The summed E-state index contributed by atoms with van der Waals surface area (Å²) in [6.07, 6.45) is -0.364. The normalized spacial score (nSPS) is 15.4. The van der Waals surface area contributed by atoms with Gasteiger partial charge in [-0.05, 0) is 85.1 Å². The molecule has 10 aromatic rings. The average Bonchev–Trinajstić information content (AvgIpc) is 3.66. The molecular formula is C60H40N4. The first kappa shape index (κ1) is 36.3. The van der Waals surface area contributed by atoms with Crippen LogP contribution in [0.15, 0.2) is 241 Å². The second-order valence-corrected chi connectivity index (χ2v) is 16.9. The topological polar surface area (TPSA) is 40.0 Å². The molecule has 0 bridgehead atoms. The Morgan fingerprint density at radius 2 is 0.891 bits per heavy atom. The Balaban J connectivity index is 1.02. The lowest BCUT2D eigenvalue weighted by atomic mass is 9.63. The fourth-order valence-corrected chi connectivity index (χ4v) is 10.7. The van der Waals surface area contributed by atoms with Crippen LogP contribution in [-0.4, -0.2) is 11.7 Å². The Morgan fingerprint density at radius 3 is 1.59 bits per heavy atom. The van der Waals surface area contributed by atoms with Crippen molar-refractivity contribution in [2.75, 3.05) is 4.90 Å². The van der Waals surface area contributed by atoms with Gasteiger partial charge >= 0.3 is 0 Å². The lowest BCUT2D eigenvalue weighted by Crippen LogP contribution is -2.36. The first-order chi connectivity index (χ1) is 31.7. The number of nitrogens with one attached hydrogen (secondary N) is 1. The van der Waals surface area contributed by atoms with Gasteiger partial charge in [0, 0.05) is 27.6 Å². The van der Waals surface area contributed by atoms with E-state index in [2.05, 4.69) is 216 Å². The molecule has 0 amide bonds. The maximum atomic E-state index is 5.21. The van der Waals surface area contributed by atoms with E-state index in [9.17, 15) is 0 Å². The van der Waals surface area contributed by atoms with Crippen molar-refractivity contribution in [3.63, 3.8) is 0 Å². The second kappa shape index (κ2) is 14.4. The third-order valence-corrected chi connectivity index (χ3v) is 13.5. The molecule has 0 saturated carbocycles. The van der Waals surface area contributed by atoms with Gasteiger partial charge in [0.05, 0.1) is 16.8 Å². The molecule has 2 aliphatic heterocycles. The SMILES string of the molecule is c1ccc(C2=NC(c3ccccc3)N=C(c3cccc(-c4ccc5c(c4)-c4ccccc4C54c5ccc6ccccc6c5N(c5ccccc5)c5c4ccc4ccccc54)c3)N2)cc1. The van der Waals surface area contributed by atoms with Crippen molar-refractivity contribution in [3.8, 4) is 22.3 Å².